The summed E-state index contributed by atoms with van der Waals surface area (Å²) < 4.78 is 10.4. The summed E-state index contributed by atoms with van der Waals surface area (Å²) in [6, 6.07) is 7.17. The van der Waals surface area contributed by atoms with Gasteiger partial charge in [-0.15, -0.1) is 11.3 Å². The number of ether oxygens (including phenoxy) is 2. The zero-order valence-electron chi connectivity index (χ0n) is 15.5. The van der Waals surface area contributed by atoms with Crippen molar-refractivity contribution in [2.75, 3.05) is 18.5 Å². The number of rotatable bonds is 8. The number of primary amides is 1. The molecule has 8 heteroatoms. The summed E-state index contributed by atoms with van der Waals surface area (Å²) in [6.07, 6.45) is 0.109. The molecule has 0 aliphatic heterocycles. The Hall–Kier alpha value is -2.87. The minimum absolute atomic E-state index is 0.109. The lowest BCUT2D eigenvalue weighted by molar-refractivity contribution is -0.115. The summed E-state index contributed by atoms with van der Waals surface area (Å²) in [5, 5.41) is 2.95. The zero-order chi connectivity index (χ0) is 20.0. The van der Waals surface area contributed by atoms with E-state index in [-0.39, 0.29) is 34.4 Å². The van der Waals surface area contributed by atoms with E-state index in [1.54, 1.807) is 38.1 Å². The Balaban J connectivity index is 2.19. The van der Waals surface area contributed by atoms with Gasteiger partial charge in [-0.2, -0.15) is 0 Å². The number of amides is 2. The van der Waals surface area contributed by atoms with Crippen LogP contribution in [0.4, 0.5) is 5.00 Å². The molecule has 2 aromatic rings. The normalized spacial score (nSPS) is 10.3. The molecule has 0 bridgehead atoms. The number of nitrogens with two attached hydrogens (primary N) is 1. The summed E-state index contributed by atoms with van der Waals surface area (Å²) in [5.74, 6) is -0.849. The van der Waals surface area contributed by atoms with Gasteiger partial charge >= 0.3 is 5.97 Å². The molecule has 1 aromatic heterocycles. The lowest BCUT2D eigenvalue weighted by Gasteiger charge is -2.08. The van der Waals surface area contributed by atoms with Crippen molar-refractivity contribution in [2.45, 2.75) is 27.2 Å². The molecule has 7 nitrogen and oxygen atoms in total. The van der Waals surface area contributed by atoms with E-state index in [1.165, 1.54) is 0 Å². The molecule has 1 aromatic carbocycles. The molecule has 0 unspecified atom stereocenters. The van der Waals surface area contributed by atoms with Crippen LogP contribution in [0.2, 0.25) is 0 Å². The maximum absolute atomic E-state index is 12.4. The lowest BCUT2D eigenvalue weighted by Crippen LogP contribution is -2.16. The Morgan fingerprint density at radius 2 is 1.78 bits per heavy atom. The molecule has 3 N–H and O–H groups in total. The van der Waals surface area contributed by atoms with Gasteiger partial charge in [0.05, 0.1) is 30.1 Å². The van der Waals surface area contributed by atoms with Gasteiger partial charge < -0.3 is 20.5 Å². The number of carbonyl (C=O) groups excluding carboxylic acids is 3. The second kappa shape index (κ2) is 9.18. The highest BCUT2D eigenvalue weighted by atomic mass is 32.1. The van der Waals surface area contributed by atoms with Crippen molar-refractivity contribution in [1.82, 2.24) is 0 Å². The zero-order valence-corrected chi connectivity index (χ0v) is 16.3. The fraction of sp³-hybridized carbons (Fsp3) is 0.316. The van der Waals surface area contributed by atoms with Crippen LogP contribution < -0.4 is 15.8 Å². The maximum atomic E-state index is 12.4. The highest BCUT2D eigenvalue weighted by Gasteiger charge is 2.25. The van der Waals surface area contributed by atoms with Gasteiger partial charge in [-0.25, -0.2) is 4.79 Å². The Morgan fingerprint density at radius 1 is 1.11 bits per heavy atom. The highest BCUT2D eigenvalue weighted by Crippen LogP contribution is 2.33. The fourth-order valence-electron chi connectivity index (χ4n) is 2.51. The van der Waals surface area contributed by atoms with Gasteiger partial charge in [-0.05, 0) is 44.0 Å². The quantitative estimate of drug-likeness (QED) is 0.674. The van der Waals surface area contributed by atoms with Crippen LogP contribution in [0, 0.1) is 6.92 Å². The van der Waals surface area contributed by atoms with Crippen LogP contribution in [-0.4, -0.2) is 31.0 Å². The van der Waals surface area contributed by atoms with Gasteiger partial charge in [-0.1, -0.05) is 12.1 Å². The van der Waals surface area contributed by atoms with Crippen molar-refractivity contribution in [3.8, 4) is 5.75 Å². The molecule has 0 radical (unpaired) electrons. The Labute approximate surface area is 161 Å². The van der Waals surface area contributed by atoms with E-state index >= 15 is 0 Å². The van der Waals surface area contributed by atoms with Gasteiger partial charge in [0.15, 0.2) is 0 Å². The number of benzene rings is 1. The van der Waals surface area contributed by atoms with Crippen LogP contribution in [-0.2, 0) is 16.0 Å². The SMILES string of the molecule is CCOC(=O)c1c(NC(=O)Cc2ccc(OCC)cc2)sc(C(N)=O)c1C. The second-order valence-corrected chi connectivity index (χ2v) is 6.67. The van der Waals surface area contributed by atoms with Crippen LogP contribution in [0.1, 0.15) is 45.0 Å². The summed E-state index contributed by atoms with van der Waals surface area (Å²) >= 11 is 0.969. The van der Waals surface area contributed by atoms with Gasteiger partial charge in [0.25, 0.3) is 5.91 Å². The van der Waals surface area contributed by atoms with Crippen molar-refractivity contribution >= 4 is 34.1 Å². The molecule has 0 saturated heterocycles. The van der Waals surface area contributed by atoms with Gasteiger partial charge in [0, 0.05) is 0 Å². The molecule has 0 saturated carbocycles. The Bertz CT molecular complexity index is 843. The standard InChI is InChI=1S/C19H22N2O5S/c1-4-25-13-8-6-12(7-9-13)10-14(22)21-18-15(19(24)26-5-2)11(3)16(27-18)17(20)23/h6-9H,4-5,10H2,1-3H3,(H2,20,23)(H,21,22). The number of hydrogen-bond donors (Lipinski definition) is 2. The average molecular weight is 390 g/mol. The number of esters is 1. The Kier molecular flexibility index (Phi) is 6.95. The average Bonchev–Trinajstić information content (AvgIpc) is 2.93. The molecule has 2 amide bonds. The molecule has 1 heterocycles. The molecule has 0 aliphatic rings. The molecule has 0 fully saturated rings. The van der Waals surface area contributed by atoms with E-state index in [4.69, 9.17) is 15.2 Å². The van der Waals surface area contributed by atoms with E-state index in [9.17, 15) is 14.4 Å². The molecular weight excluding hydrogens is 368 g/mol. The van der Waals surface area contributed by atoms with E-state index in [0.717, 1.165) is 22.6 Å². The van der Waals surface area contributed by atoms with Crippen LogP contribution in [0.3, 0.4) is 0 Å². The first-order chi connectivity index (χ1) is 12.9. The largest absolute Gasteiger partial charge is 0.494 e. The molecule has 0 atom stereocenters. The smallest absolute Gasteiger partial charge is 0.341 e. The first-order valence-corrected chi connectivity index (χ1v) is 9.30. The summed E-state index contributed by atoms with van der Waals surface area (Å²) in [4.78, 5) is 36.4. The first kappa shape index (κ1) is 20.4. The summed E-state index contributed by atoms with van der Waals surface area (Å²) in [7, 11) is 0. The van der Waals surface area contributed by atoms with Gasteiger partial charge in [0.1, 0.15) is 10.8 Å². The van der Waals surface area contributed by atoms with Crippen molar-refractivity contribution in [1.29, 1.82) is 0 Å². The third kappa shape index (κ3) is 5.07. The number of nitrogens with one attached hydrogen (secondary N) is 1. The third-order valence-electron chi connectivity index (χ3n) is 3.70. The van der Waals surface area contributed by atoms with Crippen LogP contribution in [0.5, 0.6) is 5.75 Å². The van der Waals surface area contributed by atoms with Crippen LogP contribution in [0.25, 0.3) is 0 Å². The molecule has 0 spiro atoms. The minimum atomic E-state index is -0.657. The molecule has 27 heavy (non-hydrogen) atoms. The number of carbonyl (C=O) groups is 3. The lowest BCUT2D eigenvalue weighted by atomic mass is 10.1. The summed E-state index contributed by atoms with van der Waals surface area (Å²) in [5.41, 5.74) is 6.72. The predicted molar refractivity (Wildman–Crippen MR) is 103 cm³/mol. The molecule has 2 rings (SSSR count). The fourth-order valence-corrected chi connectivity index (χ4v) is 3.58. The van der Waals surface area contributed by atoms with E-state index in [1.807, 2.05) is 6.92 Å². The van der Waals surface area contributed by atoms with Crippen molar-refractivity contribution in [3.63, 3.8) is 0 Å². The van der Waals surface area contributed by atoms with E-state index < -0.39 is 11.9 Å². The van der Waals surface area contributed by atoms with Crippen LogP contribution >= 0.6 is 11.3 Å². The highest BCUT2D eigenvalue weighted by molar-refractivity contribution is 7.18. The van der Waals surface area contributed by atoms with Crippen molar-refractivity contribution in [3.05, 3.63) is 45.8 Å². The monoisotopic (exact) mass is 390 g/mol. The molecular formula is C19H22N2O5S. The van der Waals surface area contributed by atoms with Crippen molar-refractivity contribution in [2.24, 2.45) is 5.73 Å². The van der Waals surface area contributed by atoms with Crippen molar-refractivity contribution < 1.29 is 23.9 Å². The number of anilines is 1. The number of thiophene rings is 1. The summed E-state index contributed by atoms with van der Waals surface area (Å²) in [6.45, 7) is 5.92. The second-order valence-electron chi connectivity index (χ2n) is 5.65. The molecule has 0 aliphatic carbocycles. The maximum Gasteiger partial charge on any atom is 0.341 e. The minimum Gasteiger partial charge on any atom is -0.494 e. The third-order valence-corrected chi connectivity index (χ3v) is 4.92. The first-order valence-electron chi connectivity index (χ1n) is 8.49. The van der Waals surface area contributed by atoms with E-state index in [2.05, 4.69) is 5.32 Å². The van der Waals surface area contributed by atoms with E-state index in [0.29, 0.717) is 12.2 Å². The van der Waals surface area contributed by atoms with Crippen LogP contribution in [0.15, 0.2) is 24.3 Å². The van der Waals surface area contributed by atoms with Gasteiger partial charge in [-0.3, -0.25) is 9.59 Å². The topological polar surface area (TPSA) is 108 Å². The van der Waals surface area contributed by atoms with Gasteiger partial charge in [0.2, 0.25) is 5.91 Å². The Morgan fingerprint density at radius 3 is 2.33 bits per heavy atom. The predicted octanol–water partition coefficient (Wildman–Crippen LogP) is 2.91. The molecule has 144 valence electrons. The number of hydrogen-bond acceptors (Lipinski definition) is 6.